The van der Waals surface area contributed by atoms with Gasteiger partial charge >= 0.3 is 0 Å². The molecule has 1 fully saturated rings. The van der Waals surface area contributed by atoms with Crippen LogP contribution in [0, 0.1) is 21.4 Å². The number of nitrogens with zero attached hydrogens (tertiary/aromatic N) is 5. The molecule has 1 aliphatic rings. The number of hydrogen-bond donors (Lipinski definition) is 0. The van der Waals surface area contributed by atoms with E-state index in [1.807, 2.05) is 12.1 Å². The van der Waals surface area contributed by atoms with E-state index in [2.05, 4.69) is 20.9 Å². The van der Waals surface area contributed by atoms with Crippen molar-refractivity contribution in [3.8, 4) is 6.07 Å². The van der Waals surface area contributed by atoms with Crippen molar-refractivity contribution >= 4 is 17.1 Å². The van der Waals surface area contributed by atoms with Gasteiger partial charge in [-0.15, -0.1) is 0 Å². The van der Waals surface area contributed by atoms with Crippen LogP contribution in [0.15, 0.2) is 42.7 Å². The van der Waals surface area contributed by atoms with Gasteiger partial charge in [0.2, 0.25) is 0 Å². The Kier molecular flexibility index (Phi) is 4.06. The fourth-order valence-electron chi connectivity index (χ4n) is 2.76. The highest BCUT2D eigenvalue weighted by molar-refractivity contribution is 5.63. The molecule has 2 aromatic rings. The minimum absolute atomic E-state index is 0.0549. The van der Waals surface area contributed by atoms with Gasteiger partial charge in [-0.05, 0) is 18.2 Å². The van der Waals surface area contributed by atoms with Gasteiger partial charge in [-0.2, -0.15) is 5.26 Å². The van der Waals surface area contributed by atoms with Crippen molar-refractivity contribution in [1.29, 1.82) is 5.26 Å². The SMILES string of the molecule is N#Cc1cc([N+](=O)[O-])ccc1N1CCN(c2ccncc2)CC1. The third kappa shape index (κ3) is 3.06. The van der Waals surface area contributed by atoms with Crippen LogP contribution >= 0.6 is 0 Å². The molecule has 0 amide bonds. The zero-order valence-corrected chi connectivity index (χ0v) is 12.4. The van der Waals surface area contributed by atoms with Crippen LogP contribution in [-0.4, -0.2) is 36.1 Å². The number of hydrogen-bond acceptors (Lipinski definition) is 6. The number of aromatic nitrogens is 1. The molecule has 0 aliphatic carbocycles. The quantitative estimate of drug-likeness (QED) is 0.638. The molecule has 0 bridgehead atoms. The average molecular weight is 309 g/mol. The first kappa shape index (κ1) is 14.8. The number of anilines is 2. The van der Waals surface area contributed by atoms with Crippen molar-refractivity contribution in [1.82, 2.24) is 4.98 Å². The third-order valence-electron chi connectivity index (χ3n) is 3.96. The van der Waals surface area contributed by atoms with Crippen LogP contribution in [0.2, 0.25) is 0 Å². The van der Waals surface area contributed by atoms with E-state index >= 15 is 0 Å². The summed E-state index contributed by atoms with van der Waals surface area (Å²) in [5, 5.41) is 20.1. The number of piperazine rings is 1. The van der Waals surface area contributed by atoms with Gasteiger partial charge in [0.25, 0.3) is 5.69 Å². The summed E-state index contributed by atoms with van der Waals surface area (Å²) in [6, 6.07) is 10.5. The van der Waals surface area contributed by atoms with E-state index in [-0.39, 0.29) is 5.69 Å². The number of nitro groups is 1. The topological polar surface area (TPSA) is 86.3 Å². The Hall–Kier alpha value is -3.14. The van der Waals surface area contributed by atoms with Crippen LogP contribution < -0.4 is 9.80 Å². The molecular weight excluding hydrogens is 294 g/mol. The molecule has 0 saturated carbocycles. The molecule has 0 spiro atoms. The highest BCUT2D eigenvalue weighted by atomic mass is 16.6. The van der Waals surface area contributed by atoms with E-state index in [0.29, 0.717) is 5.56 Å². The largest absolute Gasteiger partial charge is 0.368 e. The Balaban J connectivity index is 1.75. The Bertz CT molecular complexity index is 749. The summed E-state index contributed by atoms with van der Waals surface area (Å²) >= 11 is 0. The molecule has 23 heavy (non-hydrogen) atoms. The second-order valence-corrected chi connectivity index (χ2v) is 5.25. The predicted octanol–water partition coefficient (Wildman–Crippen LogP) is 2.19. The summed E-state index contributed by atoms with van der Waals surface area (Å²) in [6.07, 6.45) is 3.54. The summed E-state index contributed by atoms with van der Waals surface area (Å²) < 4.78 is 0. The van der Waals surface area contributed by atoms with Gasteiger partial charge in [0.05, 0.1) is 16.2 Å². The van der Waals surface area contributed by atoms with Gasteiger partial charge < -0.3 is 9.80 Å². The zero-order valence-electron chi connectivity index (χ0n) is 12.4. The van der Waals surface area contributed by atoms with E-state index in [9.17, 15) is 15.4 Å². The summed E-state index contributed by atoms with van der Waals surface area (Å²) in [6.45, 7) is 3.17. The molecule has 2 heterocycles. The van der Waals surface area contributed by atoms with E-state index in [0.717, 1.165) is 37.6 Å². The van der Waals surface area contributed by atoms with Crippen LogP contribution in [0.4, 0.5) is 17.1 Å². The number of non-ortho nitro benzene ring substituents is 1. The Morgan fingerprint density at radius 1 is 1.09 bits per heavy atom. The van der Waals surface area contributed by atoms with Crippen molar-refractivity contribution in [3.05, 3.63) is 58.4 Å². The van der Waals surface area contributed by atoms with E-state index in [4.69, 9.17) is 0 Å². The second-order valence-electron chi connectivity index (χ2n) is 5.25. The number of benzene rings is 1. The minimum Gasteiger partial charge on any atom is -0.368 e. The van der Waals surface area contributed by atoms with Crippen LogP contribution in [0.1, 0.15) is 5.56 Å². The smallest absolute Gasteiger partial charge is 0.270 e. The average Bonchev–Trinajstić information content (AvgIpc) is 2.62. The fraction of sp³-hybridized carbons (Fsp3) is 0.250. The maximum atomic E-state index is 10.8. The highest BCUT2D eigenvalue weighted by Crippen LogP contribution is 2.26. The molecule has 0 radical (unpaired) electrons. The van der Waals surface area contributed by atoms with Crippen LogP contribution in [-0.2, 0) is 0 Å². The maximum Gasteiger partial charge on any atom is 0.270 e. The number of rotatable bonds is 3. The standard InChI is InChI=1S/C16H15N5O2/c17-12-13-11-15(21(22)23)1-2-16(13)20-9-7-19(8-10-20)14-3-5-18-6-4-14/h1-6,11H,7-10H2. The lowest BCUT2D eigenvalue weighted by Crippen LogP contribution is -2.46. The lowest BCUT2D eigenvalue weighted by Gasteiger charge is -2.37. The summed E-state index contributed by atoms with van der Waals surface area (Å²) in [5.74, 6) is 0. The molecule has 0 unspecified atom stereocenters. The lowest BCUT2D eigenvalue weighted by atomic mass is 10.1. The molecule has 7 heteroatoms. The minimum atomic E-state index is -0.480. The van der Waals surface area contributed by atoms with Gasteiger partial charge in [0.1, 0.15) is 6.07 Å². The van der Waals surface area contributed by atoms with Gasteiger partial charge in [0, 0.05) is 56.4 Å². The molecule has 7 nitrogen and oxygen atoms in total. The number of pyridine rings is 1. The van der Waals surface area contributed by atoms with E-state index in [1.54, 1.807) is 18.5 Å². The van der Waals surface area contributed by atoms with Crippen molar-refractivity contribution in [2.75, 3.05) is 36.0 Å². The van der Waals surface area contributed by atoms with Crippen LogP contribution in [0.5, 0.6) is 0 Å². The van der Waals surface area contributed by atoms with Gasteiger partial charge in [-0.25, -0.2) is 0 Å². The maximum absolute atomic E-state index is 10.8. The van der Waals surface area contributed by atoms with E-state index < -0.39 is 4.92 Å². The molecule has 1 saturated heterocycles. The number of nitriles is 1. The third-order valence-corrected chi connectivity index (χ3v) is 3.96. The summed E-state index contributed by atoms with van der Waals surface area (Å²) in [5.41, 5.74) is 2.17. The first-order valence-corrected chi connectivity index (χ1v) is 7.27. The fourth-order valence-corrected chi connectivity index (χ4v) is 2.76. The Morgan fingerprint density at radius 2 is 1.74 bits per heavy atom. The molecule has 0 atom stereocenters. The van der Waals surface area contributed by atoms with Gasteiger partial charge in [0.15, 0.2) is 0 Å². The molecular formula is C16H15N5O2. The predicted molar refractivity (Wildman–Crippen MR) is 86.5 cm³/mol. The van der Waals surface area contributed by atoms with Crippen molar-refractivity contribution in [2.24, 2.45) is 0 Å². The number of nitro benzene ring substituents is 1. The first-order valence-electron chi connectivity index (χ1n) is 7.27. The van der Waals surface area contributed by atoms with Crippen LogP contribution in [0.25, 0.3) is 0 Å². The van der Waals surface area contributed by atoms with Crippen molar-refractivity contribution in [2.45, 2.75) is 0 Å². The van der Waals surface area contributed by atoms with Crippen molar-refractivity contribution in [3.63, 3.8) is 0 Å². The van der Waals surface area contributed by atoms with Crippen molar-refractivity contribution < 1.29 is 4.92 Å². The van der Waals surface area contributed by atoms with E-state index in [1.165, 1.54) is 12.1 Å². The molecule has 1 aromatic carbocycles. The summed E-state index contributed by atoms with van der Waals surface area (Å²) in [7, 11) is 0. The van der Waals surface area contributed by atoms with Gasteiger partial charge in [-0.3, -0.25) is 15.1 Å². The first-order chi connectivity index (χ1) is 11.2. The molecule has 3 rings (SSSR count). The van der Waals surface area contributed by atoms with Gasteiger partial charge in [-0.1, -0.05) is 0 Å². The highest BCUT2D eigenvalue weighted by Gasteiger charge is 2.21. The Morgan fingerprint density at radius 3 is 2.35 bits per heavy atom. The monoisotopic (exact) mass is 309 g/mol. The normalized spacial score (nSPS) is 14.4. The lowest BCUT2D eigenvalue weighted by molar-refractivity contribution is -0.384. The second kappa shape index (κ2) is 6.32. The van der Waals surface area contributed by atoms with Crippen LogP contribution in [0.3, 0.4) is 0 Å². The molecule has 1 aliphatic heterocycles. The molecule has 1 aromatic heterocycles. The Labute approximate surface area is 133 Å². The zero-order chi connectivity index (χ0) is 16.2. The molecule has 116 valence electrons. The molecule has 0 N–H and O–H groups in total. The summed E-state index contributed by atoms with van der Waals surface area (Å²) in [4.78, 5) is 18.7.